The van der Waals surface area contributed by atoms with Gasteiger partial charge in [-0.1, -0.05) is 19.1 Å². The Morgan fingerprint density at radius 1 is 1.19 bits per heavy atom. The molecule has 1 aliphatic heterocycles. The van der Waals surface area contributed by atoms with Crippen molar-refractivity contribution in [1.29, 1.82) is 0 Å². The van der Waals surface area contributed by atoms with Crippen LogP contribution in [0.15, 0.2) is 47.6 Å². The van der Waals surface area contributed by atoms with Gasteiger partial charge in [0.1, 0.15) is 0 Å². The SMILES string of the molecule is CCC1CCN(Cc2ccc(NS(C)(=O)=O)cc2)N=C1c1ccc(OC)c(OC(F)F)c1. The maximum Gasteiger partial charge on any atom is 0.387 e. The highest BCUT2D eigenvalue weighted by molar-refractivity contribution is 7.92. The molecule has 0 bridgehead atoms. The van der Waals surface area contributed by atoms with Crippen molar-refractivity contribution in [3.05, 3.63) is 53.6 Å². The Labute approximate surface area is 187 Å². The fraction of sp³-hybridized carbons (Fsp3) is 0.409. The van der Waals surface area contributed by atoms with Gasteiger partial charge < -0.3 is 9.47 Å². The van der Waals surface area contributed by atoms with Crippen LogP contribution in [-0.2, 0) is 16.6 Å². The van der Waals surface area contributed by atoms with Gasteiger partial charge in [0.2, 0.25) is 10.0 Å². The van der Waals surface area contributed by atoms with E-state index in [0.717, 1.165) is 36.9 Å². The minimum Gasteiger partial charge on any atom is -0.493 e. The summed E-state index contributed by atoms with van der Waals surface area (Å²) in [7, 11) is -1.93. The number of anilines is 1. The van der Waals surface area contributed by atoms with E-state index in [-0.39, 0.29) is 17.4 Å². The predicted molar refractivity (Wildman–Crippen MR) is 120 cm³/mol. The highest BCUT2D eigenvalue weighted by atomic mass is 32.2. The van der Waals surface area contributed by atoms with Gasteiger partial charge in [-0.15, -0.1) is 0 Å². The van der Waals surface area contributed by atoms with E-state index in [9.17, 15) is 17.2 Å². The third-order valence-electron chi connectivity index (χ3n) is 5.16. The summed E-state index contributed by atoms with van der Waals surface area (Å²) in [5.74, 6) is 0.405. The van der Waals surface area contributed by atoms with Gasteiger partial charge in [-0.3, -0.25) is 9.73 Å². The number of sulfonamides is 1. The standard InChI is InChI=1S/C22H27F2N3O4S/c1-4-16-11-12-27(14-15-5-8-18(9-6-15)26-32(3,28)29)25-21(16)17-7-10-19(30-2)20(13-17)31-22(23)24/h5-10,13,16,22,26H,4,11-12,14H2,1-3H3. The Morgan fingerprint density at radius 2 is 1.91 bits per heavy atom. The van der Waals surface area contributed by atoms with Gasteiger partial charge in [0.05, 0.1) is 25.6 Å². The second-order valence-electron chi connectivity index (χ2n) is 7.58. The lowest BCUT2D eigenvalue weighted by Gasteiger charge is -2.31. The van der Waals surface area contributed by atoms with E-state index < -0.39 is 16.6 Å². The van der Waals surface area contributed by atoms with Gasteiger partial charge in [-0.05, 0) is 48.7 Å². The number of hydrogen-bond acceptors (Lipinski definition) is 6. The van der Waals surface area contributed by atoms with Gasteiger partial charge in [-0.25, -0.2) is 8.42 Å². The molecule has 1 N–H and O–H groups in total. The molecule has 1 atom stereocenters. The molecular formula is C22H27F2N3O4S. The smallest absolute Gasteiger partial charge is 0.387 e. The largest absolute Gasteiger partial charge is 0.493 e. The summed E-state index contributed by atoms with van der Waals surface area (Å²) in [6.45, 7) is 0.409. The van der Waals surface area contributed by atoms with Gasteiger partial charge >= 0.3 is 6.61 Å². The molecule has 1 aliphatic rings. The molecule has 32 heavy (non-hydrogen) atoms. The molecule has 0 saturated heterocycles. The molecule has 3 rings (SSSR count). The molecule has 7 nitrogen and oxygen atoms in total. The molecule has 0 radical (unpaired) electrons. The molecule has 2 aromatic rings. The Morgan fingerprint density at radius 3 is 2.50 bits per heavy atom. The highest BCUT2D eigenvalue weighted by Crippen LogP contribution is 2.32. The lowest BCUT2D eigenvalue weighted by Crippen LogP contribution is -2.32. The quantitative estimate of drug-likeness (QED) is 0.595. The molecule has 0 amide bonds. The Kier molecular flexibility index (Phi) is 7.55. The Balaban J connectivity index is 1.83. The third kappa shape index (κ3) is 6.32. The summed E-state index contributed by atoms with van der Waals surface area (Å²) in [5, 5.41) is 6.74. The fourth-order valence-electron chi connectivity index (χ4n) is 3.66. The number of nitrogens with zero attached hydrogens (tertiary/aromatic N) is 2. The summed E-state index contributed by atoms with van der Waals surface area (Å²) in [5.41, 5.74) is 3.00. The number of rotatable bonds is 9. The molecule has 174 valence electrons. The first-order chi connectivity index (χ1) is 15.2. The van der Waals surface area contributed by atoms with Gasteiger partial charge in [-0.2, -0.15) is 13.9 Å². The molecule has 0 saturated carbocycles. The maximum absolute atomic E-state index is 12.8. The second kappa shape index (κ2) is 10.2. The number of benzene rings is 2. The average molecular weight is 468 g/mol. The molecule has 1 unspecified atom stereocenters. The van der Waals surface area contributed by atoms with Crippen LogP contribution in [0.5, 0.6) is 11.5 Å². The molecule has 0 spiro atoms. The molecule has 1 heterocycles. The van der Waals surface area contributed by atoms with E-state index >= 15 is 0 Å². The van der Waals surface area contributed by atoms with Crippen molar-refractivity contribution >= 4 is 21.4 Å². The van der Waals surface area contributed by atoms with Crippen LogP contribution >= 0.6 is 0 Å². The number of nitrogens with one attached hydrogen (secondary N) is 1. The number of halogens is 2. The Hall–Kier alpha value is -2.88. The molecule has 2 aromatic carbocycles. The number of hydrazone groups is 1. The molecule has 0 fully saturated rings. The van der Waals surface area contributed by atoms with E-state index in [1.807, 2.05) is 17.1 Å². The highest BCUT2D eigenvalue weighted by Gasteiger charge is 2.24. The van der Waals surface area contributed by atoms with Gasteiger partial charge in [0.15, 0.2) is 11.5 Å². The Bertz CT molecular complexity index is 1060. The summed E-state index contributed by atoms with van der Waals surface area (Å²) in [6.07, 6.45) is 2.85. The van der Waals surface area contributed by atoms with Crippen molar-refractivity contribution < 1.29 is 26.7 Å². The lowest BCUT2D eigenvalue weighted by molar-refractivity contribution is -0.0512. The van der Waals surface area contributed by atoms with Gasteiger partial charge in [0.25, 0.3) is 0 Å². The van der Waals surface area contributed by atoms with Crippen molar-refractivity contribution in [2.45, 2.75) is 32.9 Å². The van der Waals surface area contributed by atoms with Crippen LogP contribution < -0.4 is 14.2 Å². The van der Waals surface area contributed by atoms with Crippen molar-refractivity contribution in [2.75, 3.05) is 24.6 Å². The first-order valence-electron chi connectivity index (χ1n) is 10.2. The van der Waals surface area contributed by atoms with Crippen molar-refractivity contribution in [3.8, 4) is 11.5 Å². The van der Waals surface area contributed by atoms with Gasteiger partial charge in [0, 0.05) is 23.7 Å². The number of alkyl halides is 2. The van der Waals surface area contributed by atoms with Crippen LogP contribution in [0.25, 0.3) is 0 Å². The van der Waals surface area contributed by atoms with Crippen LogP contribution in [0.3, 0.4) is 0 Å². The van der Waals surface area contributed by atoms with Crippen LogP contribution in [-0.4, -0.2) is 45.7 Å². The number of hydrogen-bond donors (Lipinski definition) is 1. The summed E-state index contributed by atoms with van der Waals surface area (Å²) in [6, 6.07) is 12.0. The van der Waals surface area contributed by atoms with Crippen molar-refractivity contribution in [1.82, 2.24) is 5.01 Å². The zero-order valence-electron chi connectivity index (χ0n) is 18.2. The van der Waals surface area contributed by atoms with Crippen LogP contribution in [0, 0.1) is 5.92 Å². The number of methoxy groups -OCH3 is 1. The topological polar surface area (TPSA) is 80.2 Å². The molecule has 0 aliphatic carbocycles. The number of ether oxygens (including phenoxy) is 2. The van der Waals surface area contributed by atoms with E-state index in [1.165, 1.54) is 7.11 Å². The second-order valence-corrected chi connectivity index (χ2v) is 9.33. The molecular weight excluding hydrogens is 440 g/mol. The van der Waals surface area contributed by atoms with Crippen LogP contribution in [0.1, 0.15) is 30.9 Å². The summed E-state index contributed by atoms with van der Waals surface area (Å²) in [4.78, 5) is 0. The van der Waals surface area contributed by atoms with Crippen LogP contribution in [0.2, 0.25) is 0 Å². The predicted octanol–water partition coefficient (Wildman–Crippen LogP) is 4.30. The van der Waals surface area contributed by atoms with E-state index in [2.05, 4.69) is 16.4 Å². The minimum absolute atomic E-state index is 0.0244. The minimum atomic E-state index is -3.33. The van der Waals surface area contributed by atoms with E-state index in [0.29, 0.717) is 17.8 Å². The molecule has 10 heteroatoms. The molecule has 0 aromatic heterocycles. The average Bonchev–Trinajstić information content (AvgIpc) is 2.73. The van der Waals surface area contributed by atoms with Crippen molar-refractivity contribution in [2.24, 2.45) is 11.0 Å². The van der Waals surface area contributed by atoms with Crippen LogP contribution in [0.4, 0.5) is 14.5 Å². The zero-order chi connectivity index (χ0) is 23.3. The normalized spacial score (nSPS) is 16.6. The third-order valence-corrected chi connectivity index (χ3v) is 5.77. The monoisotopic (exact) mass is 467 g/mol. The van der Waals surface area contributed by atoms with Crippen molar-refractivity contribution in [3.63, 3.8) is 0 Å². The lowest BCUT2D eigenvalue weighted by atomic mass is 9.90. The fourth-order valence-corrected chi connectivity index (χ4v) is 4.22. The van der Waals surface area contributed by atoms with E-state index in [1.54, 1.807) is 30.3 Å². The first kappa shape index (κ1) is 23.8. The maximum atomic E-state index is 12.8. The zero-order valence-corrected chi connectivity index (χ0v) is 19.0. The summed E-state index contributed by atoms with van der Waals surface area (Å²) < 4.78 is 60.6. The van der Waals surface area contributed by atoms with E-state index in [4.69, 9.17) is 9.84 Å². The first-order valence-corrected chi connectivity index (χ1v) is 12.1. The summed E-state index contributed by atoms with van der Waals surface area (Å²) >= 11 is 0.